The lowest BCUT2D eigenvalue weighted by molar-refractivity contribution is -0.158. The van der Waals surface area contributed by atoms with Crippen LogP contribution in [0.3, 0.4) is 0 Å². The average Bonchev–Trinajstić information content (AvgIpc) is 2.73. The Bertz CT molecular complexity index is 207. The monoisotopic (exact) mass is 241 g/mol. The Labute approximate surface area is 108 Å². The number of hydrogen-bond acceptors (Lipinski definition) is 2. The molecule has 0 N–H and O–H groups in total. The van der Waals surface area contributed by atoms with E-state index in [0.29, 0.717) is 6.10 Å². The van der Waals surface area contributed by atoms with Crippen molar-refractivity contribution in [3.63, 3.8) is 0 Å². The molecule has 0 aromatic heterocycles. The summed E-state index contributed by atoms with van der Waals surface area (Å²) in [6.07, 6.45) is 7.34. The summed E-state index contributed by atoms with van der Waals surface area (Å²) in [5, 5.41) is 2.07. The first-order valence-electron chi connectivity index (χ1n) is 7.64. The smallest absolute Gasteiger partial charge is 0.0864 e. The lowest BCUT2D eigenvalue weighted by Crippen LogP contribution is -2.37. The molecule has 2 nitrogen and oxygen atoms in total. The lowest BCUT2D eigenvalue weighted by atomic mass is 9.69. The molecule has 17 heavy (non-hydrogen) atoms. The zero-order valence-electron chi connectivity index (χ0n) is 12.4. The maximum Gasteiger partial charge on any atom is 0.0864 e. The fraction of sp³-hybridized carbons (Fsp3) is 1.00. The highest BCUT2D eigenvalue weighted by atomic mass is 16.7. The van der Waals surface area contributed by atoms with Gasteiger partial charge in [-0.2, -0.15) is 5.06 Å². The highest BCUT2D eigenvalue weighted by Crippen LogP contribution is 2.43. The van der Waals surface area contributed by atoms with Gasteiger partial charge < -0.3 is 0 Å². The predicted octanol–water partition coefficient (Wildman–Crippen LogP) is 4.11. The minimum atomic E-state index is 0.536. The van der Waals surface area contributed by atoms with Crippen LogP contribution in [0.2, 0.25) is 0 Å². The van der Waals surface area contributed by atoms with Crippen molar-refractivity contribution >= 4 is 0 Å². The van der Waals surface area contributed by atoms with E-state index < -0.39 is 0 Å². The van der Waals surface area contributed by atoms with E-state index in [1.807, 2.05) is 13.8 Å². The third kappa shape index (κ3) is 3.45. The Morgan fingerprint density at radius 3 is 2.47 bits per heavy atom. The standard InChI is InChI=1S/C13H25NO.C2H6/c1-4-6-12-10(5-2)7-8-11-9-14(3)15-13(11)12;1-2/h10-13H,4-9H2,1-3H3;1-2H3. The molecule has 1 saturated heterocycles. The van der Waals surface area contributed by atoms with Crippen LogP contribution in [0, 0.1) is 17.8 Å². The number of hydroxylamine groups is 2. The summed E-state index contributed by atoms with van der Waals surface area (Å²) in [5.41, 5.74) is 0. The minimum Gasteiger partial charge on any atom is -0.295 e. The Morgan fingerprint density at radius 1 is 1.18 bits per heavy atom. The topological polar surface area (TPSA) is 12.5 Å². The maximum absolute atomic E-state index is 6.00. The molecule has 102 valence electrons. The third-order valence-corrected chi connectivity index (χ3v) is 4.34. The van der Waals surface area contributed by atoms with Gasteiger partial charge in [-0.1, -0.05) is 40.5 Å². The Kier molecular flexibility index (Phi) is 6.50. The second kappa shape index (κ2) is 7.38. The molecule has 1 aliphatic heterocycles. The molecular weight excluding hydrogens is 210 g/mol. The fourth-order valence-corrected chi connectivity index (χ4v) is 3.60. The Hall–Kier alpha value is -0.0800. The van der Waals surface area contributed by atoms with E-state index in [2.05, 4.69) is 26.0 Å². The third-order valence-electron chi connectivity index (χ3n) is 4.34. The van der Waals surface area contributed by atoms with E-state index in [4.69, 9.17) is 4.84 Å². The molecule has 1 heterocycles. The quantitative estimate of drug-likeness (QED) is 0.737. The molecule has 2 rings (SSSR count). The van der Waals surface area contributed by atoms with Crippen molar-refractivity contribution in [1.82, 2.24) is 5.06 Å². The van der Waals surface area contributed by atoms with Gasteiger partial charge in [0, 0.05) is 19.5 Å². The first-order chi connectivity index (χ1) is 8.26. The van der Waals surface area contributed by atoms with Crippen LogP contribution in [0.1, 0.15) is 59.8 Å². The molecular formula is C15H31NO. The summed E-state index contributed by atoms with van der Waals surface area (Å²) in [6, 6.07) is 0. The van der Waals surface area contributed by atoms with Crippen LogP contribution in [0.15, 0.2) is 0 Å². The zero-order chi connectivity index (χ0) is 12.8. The van der Waals surface area contributed by atoms with Crippen LogP contribution in [0.4, 0.5) is 0 Å². The summed E-state index contributed by atoms with van der Waals surface area (Å²) in [5.74, 6) is 2.55. The van der Waals surface area contributed by atoms with Crippen LogP contribution in [0.5, 0.6) is 0 Å². The summed E-state index contributed by atoms with van der Waals surface area (Å²) in [4.78, 5) is 6.00. The van der Waals surface area contributed by atoms with E-state index in [-0.39, 0.29) is 0 Å². The summed E-state index contributed by atoms with van der Waals surface area (Å²) in [6.45, 7) is 9.79. The molecule has 4 unspecified atom stereocenters. The molecule has 4 atom stereocenters. The maximum atomic E-state index is 6.00. The average molecular weight is 241 g/mol. The summed E-state index contributed by atoms with van der Waals surface area (Å²) in [7, 11) is 2.09. The van der Waals surface area contributed by atoms with Crippen LogP contribution < -0.4 is 0 Å². The van der Waals surface area contributed by atoms with Crippen molar-refractivity contribution in [3.05, 3.63) is 0 Å². The van der Waals surface area contributed by atoms with Gasteiger partial charge in [-0.3, -0.25) is 4.84 Å². The largest absolute Gasteiger partial charge is 0.295 e. The van der Waals surface area contributed by atoms with E-state index in [1.54, 1.807) is 0 Å². The van der Waals surface area contributed by atoms with Gasteiger partial charge in [0.05, 0.1) is 6.10 Å². The predicted molar refractivity (Wildman–Crippen MR) is 73.8 cm³/mol. The first-order valence-corrected chi connectivity index (χ1v) is 7.64. The first kappa shape index (κ1) is 15.0. The normalized spacial score (nSPS) is 37.2. The van der Waals surface area contributed by atoms with E-state index in [9.17, 15) is 0 Å². The number of hydrogen-bond donors (Lipinski definition) is 0. The van der Waals surface area contributed by atoms with Gasteiger partial charge in [-0.05, 0) is 31.1 Å². The van der Waals surface area contributed by atoms with Crippen LogP contribution in [-0.2, 0) is 4.84 Å². The van der Waals surface area contributed by atoms with Crippen molar-refractivity contribution in [2.45, 2.75) is 65.9 Å². The van der Waals surface area contributed by atoms with Gasteiger partial charge in [0.15, 0.2) is 0 Å². The highest BCUT2D eigenvalue weighted by Gasteiger charge is 2.43. The molecule has 0 aromatic rings. The molecule has 1 saturated carbocycles. The Balaban J connectivity index is 0.000000686. The van der Waals surface area contributed by atoms with E-state index in [0.717, 1.165) is 24.3 Å². The second-order valence-corrected chi connectivity index (χ2v) is 5.34. The minimum absolute atomic E-state index is 0.536. The van der Waals surface area contributed by atoms with Crippen LogP contribution in [0.25, 0.3) is 0 Å². The lowest BCUT2D eigenvalue weighted by Gasteiger charge is -2.38. The second-order valence-electron chi connectivity index (χ2n) is 5.34. The molecule has 2 aliphatic rings. The van der Waals surface area contributed by atoms with Crippen LogP contribution >= 0.6 is 0 Å². The van der Waals surface area contributed by atoms with Gasteiger partial charge in [-0.15, -0.1) is 0 Å². The molecule has 2 heteroatoms. The van der Waals surface area contributed by atoms with Crippen molar-refractivity contribution in [2.24, 2.45) is 17.8 Å². The van der Waals surface area contributed by atoms with Crippen molar-refractivity contribution in [1.29, 1.82) is 0 Å². The molecule has 0 bridgehead atoms. The number of rotatable bonds is 3. The molecule has 0 amide bonds. The van der Waals surface area contributed by atoms with Gasteiger partial charge in [-0.25, -0.2) is 0 Å². The van der Waals surface area contributed by atoms with E-state index in [1.165, 1.54) is 32.1 Å². The van der Waals surface area contributed by atoms with Crippen molar-refractivity contribution < 1.29 is 4.84 Å². The number of nitrogens with zero attached hydrogens (tertiary/aromatic N) is 1. The van der Waals surface area contributed by atoms with Crippen LogP contribution in [-0.4, -0.2) is 24.8 Å². The summed E-state index contributed by atoms with van der Waals surface area (Å²) >= 11 is 0. The molecule has 0 aromatic carbocycles. The van der Waals surface area contributed by atoms with Gasteiger partial charge in [0.2, 0.25) is 0 Å². The summed E-state index contributed by atoms with van der Waals surface area (Å²) < 4.78 is 0. The molecule has 2 fully saturated rings. The molecule has 1 aliphatic carbocycles. The zero-order valence-corrected chi connectivity index (χ0v) is 12.4. The Morgan fingerprint density at radius 2 is 1.88 bits per heavy atom. The molecule has 0 radical (unpaired) electrons. The SMILES string of the molecule is CC.CCCC1C(CC)CCC2CN(C)OC21. The van der Waals surface area contributed by atoms with Gasteiger partial charge in [0.25, 0.3) is 0 Å². The van der Waals surface area contributed by atoms with Gasteiger partial charge >= 0.3 is 0 Å². The van der Waals surface area contributed by atoms with Crippen molar-refractivity contribution in [3.8, 4) is 0 Å². The fourth-order valence-electron chi connectivity index (χ4n) is 3.60. The van der Waals surface area contributed by atoms with E-state index >= 15 is 0 Å². The van der Waals surface area contributed by atoms with Crippen molar-refractivity contribution in [2.75, 3.05) is 13.6 Å². The van der Waals surface area contributed by atoms with Gasteiger partial charge in [0.1, 0.15) is 0 Å². The molecule has 0 spiro atoms. The highest BCUT2D eigenvalue weighted by molar-refractivity contribution is 4.90. The number of fused-ring (bicyclic) bond motifs is 1.